The molecule has 0 saturated carbocycles. The third kappa shape index (κ3) is 3.48. The van der Waals surface area contributed by atoms with Gasteiger partial charge in [0.25, 0.3) is 5.91 Å². The third-order valence-electron chi connectivity index (χ3n) is 5.39. The average molecular weight is 395 g/mol. The number of hydrogen-bond acceptors (Lipinski definition) is 5. The highest BCUT2D eigenvalue weighted by atomic mass is 16.1. The zero-order valence-corrected chi connectivity index (χ0v) is 16.7. The molecule has 0 unspecified atom stereocenters. The summed E-state index contributed by atoms with van der Waals surface area (Å²) >= 11 is 0. The van der Waals surface area contributed by atoms with Crippen LogP contribution in [0.1, 0.15) is 27.4 Å². The Labute approximate surface area is 174 Å². The second-order valence-electron chi connectivity index (χ2n) is 7.43. The number of anilines is 2. The summed E-state index contributed by atoms with van der Waals surface area (Å²) in [5.41, 5.74) is 4.45. The maximum absolute atomic E-state index is 13.0. The first kappa shape index (κ1) is 18.2. The molecule has 1 aliphatic heterocycles. The van der Waals surface area contributed by atoms with Crippen LogP contribution in [0.3, 0.4) is 0 Å². The number of aromatic nitrogens is 3. The molecule has 0 aliphatic carbocycles. The lowest BCUT2D eigenvalue weighted by Crippen LogP contribution is -2.31. The Bertz CT molecular complexity index is 1250. The van der Waals surface area contributed by atoms with E-state index in [2.05, 4.69) is 49.4 Å². The van der Waals surface area contributed by atoms with Crippen LogP contribution in [0.15, 0.2) is 66.9 Å². The Kier molecular flexibility index (Phi) is 4.59. The number of carbonyl (C=O) groups is 1. The minimum atomic E-state index is -0.266. The predicted molar refractivity (Wildman–Crippen MR) is 118 cm³/mol. The number of nitrogens with one attached hydrogen (secondary N) is 1. The zero-order chi connectivity index (χ0) is 20.5. The molecule has 0 saturated heterocycles. The normalized spacial score (nSPS) is 13.2. The Morgan fingerprint density at radius 2 is 1.83 bits per heavy atom. The van der Waals surface area contributed by atoms with Crippen molar-refractivity contribution in [3.63, 3.8) is 0 Å². The van der Waals surface area contributed by atoms with Gasteiger partial charge in [-0.1, -0.05) is 42.5 Å². The zero-order valence-electron chi connectivity index (χ0n) is 16.7. The number of fused-ring (bicyclic) bond motifs is 2. The van der Waals surface area contributed by atoms with E-state index in [-0.39, 0.29) is 5.91 Å². The van der Waals surface area contributed by atoms with E-state index in [0.29, 0.717) is 17.2 Å². The summed E-state index contributed by atoms with van der Waals surface area (Å²) in [7, 11) is 0. The van der Waals surface area contributed by atoms with Crippen LogP contribution >= 0.6 is 0 Å². The maximum Gasteiger partial charge on any atom is 0.274 e. The van der Waals surface area contributed by atoms with Crippen molar-refractivity contribution < 1.29 is 4.79 Å². The van der Waals surface area contributed by atoms with Crippen molar-refractivity contribution in [2.24, 2.45) is 0 Å². The molecule has 6 heteroatoms. The van der Waals surface area contributed by atoms with E-state index < -0.39 is 0 Å². The molecule has 6 nitrogen and oxygen atoms in total. The predicted octanol–water partition coefficient (Wildman–Crippen LogP) is 4.15. The molecule has 1 N–H and O–H groups in total. The van der Waals surface area contributed by atoms with Gasteiger partial charge in [0.05, 0.1) is 11.2 Å². The van der Waals surface area contributed by atoms with Gasteiger partial charge in [-0.05, 0) is 36.6 Å². The summed E-state index contributed by atoms with van der Waals surface area (Å²) in [6.07, 6.45) is 2.68. The van der Waals surface area contributed by atoms with Crippen molar-refractivity contribution in [2.75, 3.05) is 16.8 Å². The SMILES string of the molecule is Cc1nc(C(=O)Nc2cccc3cccnc23)cc(N2CCc3ccccc3C2)n1. The molecule has 2 aromatic heterocycles. The summed E-state index contributed by atoms with van der Waals surface area (Å²) in [4.78, 5) is 28.6. The van der Waals surface area contributed by atoms with Crippen molar-refractivity contribution in [2.45, 2.75) is 19.9 Å². The summed E-state index contributed by atoms with van der Waals surface area (Å²) in [5.74, 6) is 1.09. The van der Waals surface area contributed by atoms with Gasteiger partial charge in [-0.25, -0.2) is 9.97 Å². The van der Waals surface area contributed by atoms with E-state index in [4.69, 9.17) is 0 Å². The van der Waals surface area contributed by atoms with E-state index >= 15 is 0 Å². The van der Waals surface area contributed by atoms with Gasteiger partial charge >= 0.3 is 0 Å². The first-order chi connectivity index (χ1) is 14.7. The smallest absolute Gasteiger partial charge is 0.274 e. The number of aryl methyl sites for hydroxylation is 1. The number of nitrogens with zero attached hydrogens (tertiary/aromatic N) is 4. The number of pyridine rings is 1. The molecule has 1 amide bonds. The van der Waals surface area contributed by atoms with Crippen molar-refractivity contribution in [3.05, 3.63) is 89.5 Å². The van der Waals surface area contributed by atoms with Crippen molar-refractivity contribution in [1.29, 1.82) is 0 Å². The summed E-state index contributed by atoms with van der Waals surface area (Å²) in [5, 5.41) is 3.94. The first-order valence-electron chi connectivity index (χ1n) is 10.00. The molecule has 4 aromatic rings. The molecule has 148 valence electrons. The van der Waals surface area contributed by atoms with Gasteiger partial charge in [0.1, 0.15) is 17.3 Å². The molecule has 0 atom stereocenters. The fourth-order valence-corrected chi connectivity index (χ4v) is 3.91. The lowest BCUT2D eigenvalue weighted by Gasteiger charge is -2.30. The van der Waals surface area contributed by atoms with Crippen LogP contribution in [0.25, 0.3) is 10.9 Å². The highest BCUT2D eigenvalue weighted by molar-refractivity contribution is 6.07. The number of benzene rings is 2. The van der Waals surface area contributed by atoms with Gasteiger partial charge in [-0.2, -0.15) is 0 Å². The topological polar surface area (TPSA) is 71.0 Å². The lowest BCUT2D eigenvalue weighted by molar-refractivity contribution is 0.102. The second-order valence-corrected chi connectivity index (χ2v) is 7.43. The average Bonchev–Trinajstić information content (AvgIpc) is 2.78. The molecular weight excluding hydrogens is 374 g/mol. The van der Waals surface area contributed by atoms with Crippen LogP contribution < -0.4 is 10.2 Å². The van der Waals surface area contributed by atoms with Gasteiger partial charge in [0, 0.05) is 30.7 Å². The summed E-state index contributed by atoms with van der Waals surface area (Å²) in [6.45, 7) is 3.46. The Morgan fingerprint density at radius 3 is 2.73 bits per heavy atom. The standard InChI is InChI=1S/C24H21N5O/c1-16-26-21(24(30)28-20-10-4-8-18-9-5-12-25-23(18)20)14-22(27-16)29-13-11-17-6-2-3-7-19(17)15-29/h2-10,12,14H,11,13,15H2,1H3,(H,28,30). The molecule has 1 aliphatic rings. The molecular formula is C24H21N5O. The monoisotopic (exact) mass is 395 g/mol. The molecule has 0 bridgehead atoms. The Morgan fingerprint density at radius 1 is 1.00 bits per heavy atom. The molecule has 3 heterocycles. The number of rotatable bonds is 3. The fraction of sp³-hybridized carbons (Fsp3) is 0.167. The van der Waals surface area contributed by atoms with Crippen molar-refractivity contribution in [1.82, 2.24) is 15.0 Å². The molecule has 0 fully saturated rings. The van der Waals surface area contributed by atoms with E-state index in [1.165, 1.54) is 11.1 Å². The molecule has 30 heavy (non-hydrogen) atoms. The maximum atomic E-state index is 13.0. The summed E-state index contributed by atoms with van der Waals surface area (Å²) < 4.78 is 0. The van der Waals surface area contributed by atoms with Crippen molar-refractivity contribution in [3.8, 4) is 0 Å². The van der Waals surface area contributed by atoms with E-state index in [0.717, 1.165) is 36.2 Å². The Balaban J connectivity index is 1.43. The fourth-order valence-electron chi connectivity index (χ4n) is 3.91. The minimum Gasteiger partial charge on any atom is -0.352 e. The van der Waals surface area contributed by atoms with E-state index in [1.54, 1.807) is 12.3 Å². The summed E-state index contributed by atoms with van der Waals surface area (Å²) in [6, 6.07) is 19.8. The number of hydrogen-bond donors (Lipinski definition) is 1. The highest BCUT2D eigenvalue weighted by Gasteiger charge is 2.20. The van der Waals surface area contributed by atoms with Crippen molar-refractivity contribution >= 4 is 28.3 Å². The second kappa shape index (κ2) is 7.55. The van der Waals surface area contributed by atoms with Crippen LogP contribution in [0.4, 0.5) is 11.5 Å². The quantitative estimate of drug-likeness (QED) is 0.564. The molecule has 0 spiro atoms. The van der Waals surface area contributed by atoms with Crippen LogP contribution in [-0.2, 0) is 13.0 Å². The van der Waals surface area contributed by atoms with E-state index in [1.807, 2.05) is 37.3 Å². The number of para-hydroxylation sites is 1. The lowest BCUT2D eigenvalue weighted by atomic mass is 10.00. The number of carbonyl (C=O) groups excluding carboxylic acids is 1. The van der Waals surface area contributed by atoms with Crippen LogP contribution in [-0.4, -0.2) is 27.4 Å². The van der Waals surface area contributed by atoms with Gasteiger partial charge in [0.15, 0.2) is 0 Å². The van der Waals surface area contributed by atoms with Crippen LogP contribution in [0, 0.1) is 6.92 Å². The third-order valence-corrected chi connectivity index (χ3v) is 5.39. The van der Waals surface area contributed by atoms with Gasteiger partial charge in [0.2, 0.25) is 0 Å². The van der Waals surface area contributed by atoms with Gasteiger partial charge in [-0.15, -0.1) is 0 Å². The van der Waals surface area contributed by atoms with Gasteiger partial charge < -0.3 is 10.2 Å². The molecule has 0 radical (unpaired) electrons. The van der Waals surface area contributed by atoms with Gasteiger partial charge in [-0.3, -0.25) is 9.78 Å². The Hall–Kier alpha value is -3.80. The van der Waals surface area contributed by atoms with E-state index in [9.17, 15) is 4.79 Å². The minimum absolute atomic E-state index is 0.266. The highest BCUT2D eigenvalue weighted by Crippen LogP contribution is 2.25. The molecule has 2 aromatic carbocycles. The van der Waals surface area contributed by atoms with Crippen LogP contribution in [0.5, 0.6) is 0 Å². The van der Waals surface area contributed by atoms with Crippen LogP contribution in [0.2, 0.25) is 0 Å². The number of amides is 1. The first-order valence-corrected chi connectivity index (χ1v) is 10.00. The largest absolute Gasteiger partial charge is 0.352 e. The molecule has 5 rings (SSSR count).